The molecule has 228 valence electrons. The van der Waals surface area contributed by atoms with Crippen LogP contribution in [0.25, 0.3) is 21.5 Å². The minimum atomic E-state index is -0.548. The molecule has 0 radical (unpaired) electrons. The third kappa shape index (κ3) is 5.28. The van der Waals surface area contributed by atoms with Crippen LogP contribution < -0.4 is 4.74 Å². The summed E-state index contributed by atoms with van der Waals surface area (Å²) in [6.45, 7) is 7.21. The third-order valence-electron chi connectivity index (χ3n) is 9.23. The van der Waals surface area contributed by atoms with Crippen LogP contribution in [0.4, 0.5) is 0 Å². The number of phenols is 1. The fraction of sp³-hybridized carbons (Fsp3) is 0.424. The van der Waals surface area contributed by atoms with Gasteiger partial charge in [-0.25, -0.2) is 0 Å². The normalized spacial score (nSPS) is 23.7. The molecule has 1 amide bonds. The Kier molecular flexibility index (Phi) is 7.67. The summed E-state index contributed by atoms with van der Waals surface area (Å²) < 4.78 is 11.5. The lowest BCUT2D eigenvalue weighted by Gasteiger charge is -2.53. The third-order valence-corrected chi connectivity index (χ3v) is 10.4. The Balaban J connectivity index is 0.941. The number of phenolic OH excluding ortho intramolecular Hbond substituents is 1. The van der Waals surface area contributed by atoms with Gasteiger partial charge < -0.3 is 24.1 Å². The molecular formula is C33H35N5O5S. The molecule has 8 rings (SSSR count). The monoisotopic (exact) mass is 613 g/mol. The van der Waals surface area contributed by atoms with Crippen molar-refractivity contribution in [2.24, 2.45) is 17.8 Å². The van der Waals surface area contributed by atoms with Crippen molar-refractivity contribution in [2.45, 2.75) is 44.6 Å². The number of amides is 1. The highest BCUT2D eigenvalue weighted by atomic mass is 32.1. The van der Waals surface area contributed by atoms with Crippen LogP contribution in [0.2, 0.25) is 0 Å². The number of ether oxygens (including phenoxy) is 1. The van der Waals surface area contributed by atoms with Gasteiger partial charge in [-0.2, -0.15) is 0 Å². The van der Waals surface area contributed by atoms with E-state index in [1.807, 2.05) is 38.1 Å². The molecule has 3 fully saturated rings. The number of piperidine rings is 2. The van der Waals surface area contributed by atoms with Crippen molar-refractivity contribution in [3.8, 4) is 22.9 Å². The van der Waals surface area contributed by atoms with E-state index in [2.05, 4.69) is 26.3 Å². The predicted molar refractivity (Wildman–Crippen MR) is 165 cm³/mol. The summed E-state index contributed by atoms with van der Waals surface area (Å²) in [4.78, 5) is 30.9. The zero-order chi connectivity index (χ0) is 30.4. The van der Waals surface area contributed by atoms with E-state index >= 15 is 0 Å². The molecule has 1 N–H and O–H groups in total. The number of nitrogens with zero attached hydrogens (tertiary/aromatic N) is 5. The highest BCUT2D eigenvalue weighted by Crippen LogP contribution is 2.53. The van der Waals surface area contributed by atoms with E-state index in [-0.39, 0.29) is 17.6 Å². The van der Waals surface area contributed by atoms with Crippen LogP contribution in [0.15, 0.2) is 59.3 Å². The smallest absolute Gasteiger partial charge is 0.254 e. The maximum absolute atomic E-state index is 13.3. The number of aromatic hydroxyl groups is 1. The number of aldehydes is 1. The van der Waals surface area contributed by atoms with Crippen LogP contribution in [0.5, 0.6) is 11.6 Å². The van der Waals surface area contributed by atoms with Crippen molar-refractivity contribution >= 4 is 33.7 Å². The van der Waals surface area contributed by atoms with Gasteiger partial charge in [-0.15, -0.1) is 21.5 Å². The standard InChI is InChI=1S/C33H35N5O5S/c1-19(2)30(33(41)38-9-5-6-23(38)18-39)27-15-29(36-43-27)42-11-10-37-16-21-12-22(17-37)31(21)28-14-20-13-25(34-35-32(20)44-28)24-7-3-4-8-26(24)40/h3-5,7-9,13-15,18-19,21-23,30-31,40H,6,10-12,16-17H2,1-2H3. The van der Waals surface area contributed by atoms with Gasteiger partial charge in [0.25, 0.3) is 5.88 Å². The number of para-hydroxylation sites is 1. The maximum atomic E-state index is 13.3. The molecule has 11 heteroatoms. The number of rotatable bonds is 10. The molecule has 4 aromatic rings. The molecule has 1 aliphatic carbocycles. The van der Waals surface area contributed by atoms with E-state index in [9.17, 15) is 14.7 Å². The first kappa shape index (κ1) is 28.7. The maximum Gasteiger partial charge on any atom is 0.254 e. The zero-order valence-corrected chi connectivity index (χ0v) is 25.5. The first-order chi connectivity index (χ1) is 21.4. The Morgan fingerprint density at radius 3 is 2.77 bits per heavy atom. The second kappa shape index (κ2) is 11.8. The van der Waals surface area contributed by atoms with Gasteiger partial charge in [-0.1, -0.05) is 32.1 Å². The summed E-state index contributed by atoms with van der Waals surface area (Å²) in [6.07, 6.45) is 6.09. The summed E-state index contributed by atoms with van der Waals surface area (Å²) in [7, 11) is 0. The largest absolute Gasteiger partial charge is 0.507 e. The fourth-order valence-corrected chi connectivity index (χ4v) is 8.30. The van der Waals surface area contributed by atoms with E-state index in [4.69, 9.17) is 9.26 Å². The minimum absolute atomic E-state index is 0.0371. The lowest BCUT2D eigenvalue weighted by Crippen LogP contribution is -2.54. The summed E-state index contributed by atoms with van der Waals surface area (Å²) in [5.41, 5.74) is 1.37. The Morgan fingerprint density at radius 1 is 1.18 bits per heavy atom. The molecule has 3 aliphatic heterocycles. The molecule has 1 aromatic carbocycles. The van der Waals surface area contributed by atoms with Gasteiger partial charge in [0.15, 0.2) is 5.76 Å². The number of carbonyl (C=O) groups is 2. The molecular weight excluding hydrogens is 578 g/mol. The molecule has 6 heterocycles. The van der Waals surface area contributed by atoms with E-state index in [0.29, 0.717) is 53.7 Å². The molecule has 2 saturated heterocycles. The lowest BCUT2D eigenvalue weighted by molar-refractivity contribution is -0.135. The number of fused-ring (bicyclic) bond motifs is 3. The SMILES string of the molecule is CC(C)C(C(=O)N1C=CCC1C=O)c1cc(OCCN2CC3CC(C2)C3c2cc3cc(-c4ccccc4O)nnc3s2)no1. The van der Waals surface area contributed by atoms with Crippen molar-refractivity contribution in [2.75, 3.05) is 26.2 Å². The van der Waals surface area contributed by atoms with Crippen LogP contribution in [-0.4, -0.2) is 74.7 Å². The van der Waals surface area contributed by atoms with Gasteiger partial charge >= 0.3 is 0 Å². The first-order valence-corrected chi connectivity index (χ1v) is 16.0. The molecule has 4 unspecified atom stereocenters. The van der Waals surface area contributed by atoms with Crippen LogP contribution >= 0.6 is 11.3 Å². The topological polar surface area (TPSA) is 122 Å². The predicted octanol–water partition coefficient (Wildman–Crippen LogP) is 5.22. The van der Waals surface area contributed by atoms with Crippen LogP contribution in [-0.2, 0) is 9.59 Å². The Morgan fingerprint density at radius 2 is 2.00 bits per heavy atom. The second-order valence-corrected chi connectivity index (χ2v) is 13.5. The average Bonchev–Trinajstić information content (AvgIpc) is 3.77. The van der Waals surface area contributed by atoms with Crippen molar-refractivity contribution in [1.82, 2.24) is 25.2 Å². The first-order valence-electron chi connectivity index (χ1n) is 15.2. The highest BCUT2D eigenvalue weighted by molar-refractivity contribution is 7.18. The number of thiophene rings is 1. The number of hydrogen-bond donors (Lipinski definition) is 1. The number of carbonyl (C=O) groups excluding carboxylic acids is 2. The van der Waals surface area contributed by atoms with Crippen molar-refractivity contribution in [3.63, 3.8) is 0 Å². The summed E-state index contributed by atoms with van der Waals surface area (Å²) in [6, 6.07) is 12.7. The molecule has 1 saturated carbocycles. The van der Waals surface area contributed by atoms with E-state index < -0.39 is 12.0 Å². The van der Waals surface area contributed by atoms with E-state index in [1.165, 1.54) is 16.2 Å². The molecule has 0 spiro atoms. The fourth-order valence-electron chi connectivity index (χ4n) is 7.05. The number of aromatic nitrogens is 3. The van der Waals surface area contributed by atoms with Crippen molar-refractivity contribution in [1.29, 1.82) is 0 Å². The van der Waals surface area contributed by atoms with E-state index in [1.54, 1.807) is 35.7 Å². The van der Waals surface area contributed by atoms with Crippen LogP contribution in [0, 0.1) is 17.8 Å². The Hall–Kier alpha value is -4.09. The molecule has 44 heavy (non-hydrogen) atoms. The number of hydrogen-bond acceptors (Lipinski definition) is 10. The van der Waals surface area contributed by atoms with Gasteiger partial charge in [0, 0.05) is 53.6 Å². The van der Waals surface area contributed by atoms with Gasteiger partial charge in [0.1, 0.15) is 29.4 Å². The Labute approximate surface area is 259 Å². The van der Waals surface area contributed by atoms with Gasteiger partial charge in [-0.05, 0) is 60.0 Å². The van der Waals surface area contributed by atoms with Gasteiger partial charge in [-0.3, -0.25) is 9.69 Å². The zero-order valence-electron chi connectivity index (χ0n) is 24.7. The summed E-state index contributed by atoms with van der Waals surface area (Å²) in [5, 5.41) is 24.2. The van der Waals surface area contributed by atoms with Crippen molar-refractivity contribution < 1.29 is 24.0 Å². The van der Waals surface area contributed by atoms with Crippen molar-refractivity contribution in [3.05, 3.63) is 65.4 Å². The van der Waals surface area contributed by atoms with Crippen LogP contribution in [0.3, 0.4) is 0 Å². The van der Waals surface area contributed by atoms with Crippen LogP contribution in [0.1, 0.15) is 49.2 Å². The second-order valence-electron chi connectivity index (χ2n) is 12.4. The quantitative estimate of drug-likeness (QED) is 0.240. The molecule has 2 bridgehead atoms. The lowest BCUT2D eigenvalue weighted by atomic mass is 9.61. The summed E-state index contributed by atoms with van der Waals surface area (Å²) in [5.74, 6) is 2.00. The Bertz CT molecular complexity index is 1700. The molecule has 3 aromatic heterocycles. The minimum Gasteiger partial charge on any atom is -0.507 e. The van der Waals surface area contributed by atoms with Gasteiger partial charge in [0.2, 0.25) is 5.91 Å². The van der Waals surface area contributed by atoms with E-state index in [0.717, 1.165) is 36.1 Å². The average molecular weight is 614 g/mol. The highest BCUT2D eigenvalue weighted by Gasteiger charge is 2.47. The number of benzene rings is 1. The molecule has 10 nitrogen and oxygen atoms in total. The molecule has 4 atom stereocenters. The molecule has 4 aliphatic rings. The summed E-state index contributed by atoms with van der Waals surface area (Å²) >= 11 is 1.73. The van der Waals surface area contributed by atoms with Gasteiger partial charge in [0.05, 0.1) is 11.7 Å².